The molecule has 0 aliphatic carbocycles. The zero-order chi connectivity index (χ0) is 10.8. The van der Waals surface area contributed by atoms with Crippen molar-refractivity contribution in [2.75, 3.05) is 5.32 Å². The van der Waals surface area contributed by atoms with Crippen LogP contribution < -0.4 is 5.32 Å². The van der Waals surface area contributed by atoms with Crippen LogP contribution in [0.4, 0.5) is 5.13 Å². The largest absolute Gasteiger partial charge is 0.358 e. The molecule has 0 aliphatic rings. The number of aromatic nitrogens is 2. The van der Waals surface area contributed by atoms with Gasteiger partial charge in [-0.15, -0.1) is 16.8 Å². The summed E-state index contributed by atoms with van der Waals surface area (Å²) in [6.07, 6.45) is 1.90. The molecule has 0 bridgehead atoms. The monoisotopic (exact) mass is 211 g/mol. The van der Waals surface area contributed by atoms with Gasteiger partial charge in [0.15, 0.2) is 0 Å². The second-order valence-corrected chi connectivity index (χ2v) is 5.11. The van der Waals surface area contributed by atoms with E-state index in [0.29, 0.717) is 6.04 Å². The normalized spacial score (nSPS) is 11.8. The molecule has 0 aliphatic heterocycles. The van der Waals surface area contributed by atoms with E-state index < -0.39 is 0 Å². The molecular weight excluding hydrogens is 194 g/mol. The maximum absolute atomic E-state index is 4.15. The van der Waals surface area contributed by atoms with E-state index in [4.69, 9.17) is 0 Å². The van der Waals surface area contributed by atoms with E-state index in [-0.39, 0.29) is 5.41 Å². The first-order chi connectivity index (χ1) is 6.45. The molecule has 0 aromatic carbocycles. The van der Waals surface area contributed by atoms with Gasteiger partial charge in [0.05, 0.1) is 0 Å². The third kappa shape index (κ3) is 2.54. The summed E-state index contributed by atoms with van der Waals surface area (Å²) >= 11 is 1.59. The summed E-state index contributed by atoms with van der Waals surface area (Å²) in [6.45, 7) is 12.1. The average Bonchev–Trinajstić information content (AvgIpc) is 2.52. The smallest absolute Gasteiger partial charge is 0.205 e. The lowest BCUT2D eigenvalue weighted by Crippen LogP contribution is -2.12. The maximum Gasteiger partial charge on any atom is 0.205 e. The highest BCUT2D eigenvalue weighted by atomic mass is 32.1. The van der Waals surface area contributed by atoms with Crippen molar-refractivity contribution in [1.29, 1.82) is 0 Å². The van der Waals surface area contributed by atoms with Crippen LogP contribution in [0.3, 0.4) is 0 Å². The van der Waals surface area contributed by atoms with Gasteiger partial charge in [-0.25, -0.2) is 0 Å². The van der Waals surface area contributed by atoms with E-state index in [0.717, 1.165) is 10.1 Å². The van der Waals surface area contributed by atoms with Gasteiger partial charge in [0.25, 0.3) is 0 Å². The standard InChI is InChI=1S/C10H17N3S/c1-6-10(4,5)8-12-13-9(14-8)11-7(2)3/h6-7H,1H2,2-5H3,(H,11,13). The summed E-state index contributed by atoms with van der Waals surface area (Å²) in [5.41, 5.74) is -0.0887. The summed E-state index contributed by atoms with van der Waals surface area (Å²) in [7, 11) is 0. The lowest BCUT2D eigenvalue weighted by Gasteiger charge is -2.14. The second kappa shape index (κ2) is 4.09. The average molecular weight is 211 g/mol. The van der Waals surface area contributed by atoms with Crippen molar-refractivity contribution in [2.45, 2.75) is 39.2 Å². The highest BCUT2D eigenvalue weighted by Crippen LogP contribution is 2.29. The van der Waals surface area contributed by atoms with Crippen LogP contribution in [0.25, 0.3) is 0 Å². The molecule has 1 aromatic rings. The quantitative estimate of drug-likeness (QED) is 0.778. The predicted octanol–water partition coefficient (Wildman–Crippen LogP) is 2.82. The van der Waals surface area contributed by atoms with Crippen LogP contribution >= 0.6 is 11.3 Å². The van der Waals surface area contributed by atoms with Gasteiger partial charge in [-0.1, -0.05) is 17.4 Å². The molecule has 0 saturated heterocycles. The van der Waals surface area contributed by atoms with Crippen LogP contribution in [0, 0.1) is 0 Å². The van der Waals surface area contributed by atoms with E-state index in [1.54, 1.807) is 11.3 Å². The maximum atomic E-state index is 4.15. The van der Waals surface area contributed by atoms with Crippen LogP contribution in [-0.2, 0) is 5.41 Å². The fraction of sp³-hybridized carbons (Fsp3) is 0.600. The van der Waals surface area contributed by atoms with Crippen LogP contribution in [0.5, 0.6) is 0 Å². The number of hydrogen-bond acceptors (Lipinski definition) is 4. The van der Waals surface area contributed by atoms with Crippen molar-refractivity contribution in [1.82, 2.24) is 10.2 Å². The Labute approximate surface area is 89.3 Å². The van der Waals surface area contributed by atoms with Gasteiger partial charge in [0.2, 0.25) is 5.13 Å². The van der Waals surface area contributed by atoms with Gasteiger partial charge in [-0.2, -0.15) is 0 Å². The summed E-state index contributed by atoms with van der Waals surface area (Å²) in [6, 6.07) is 0.391. The van der Waals surface area contributed by atoms with Crippen LogP contribution in [0.15, 0.2) is 12.7 Å². The Morgan fingerprint density at radius 1 is 1.43 bits per heavy atom. The Morgan fingerprint density at radius 3 is 2.57 bits per heavy atom. The summed E-state index contributed by atoms with van der Waals surface area (Å²) in [4.78, 5) is 0. The Morgan fingerprint density at radius 2 is 2.07 bits per heavy atom. The molecule has 0 radical (unpaired) electrons. The molecule has 3 nitrogen and oxygen atoms in total. The number of rotatable bonds is 4. The Balaban J connectivity index is 2.82. The van der Waals surface area contributed by atoms with E-state index >= 15 is 0 Å². The van der Waals surface area contributed by atoms with Gasteiger partial charge in [-0.05, 0) is 27.7 Å². The molecule has 0 amide bonds. The fourth-order valence-corrected chi connectivity index (χ4v) is 1.86. The lowest BCUT2D eigenvalue weighted by molar-refractivity contribution is 0.654. The molecular formula is C10H17N3S. The minimum Gasteiger partial charge on any atom is -0.358 e. The number of nitrogens with one attached hydrogen (secondary N) is 1. The van der Waals surface area contributed by atoms with Crippen molar-refractivity contribution in [3.8, 4) is 0 Å². The highest BCUT2D eigenvalue weighted by Gasteiger charge is 2.21. The Hall–Kier alpha value is -0.900. The van der Waals surface area contributed by atoms with Crippen molar-refractivity contribution >= 4 is 16.5 Å². The molecule has 1 N–H and O–H groups in total. The van der Waals surface area contributed by atoms with E-state index in [1.165, 1.54) is 0 Å². The van der Waals surface area contributed by atoms with Crippen molar-refractivity contribution in [3.63, 3.8) is 0 Å². The molecule has 0 fully saturated rings. The zero-order valence-electron chi connectivity index (χ0n) is 9.16. The second-order valence-electron chi connectivity index (χ2n) is 4.14. The third-order valence-electron chi connectivity index (χ3n) is 1.90. The highest BCUT2D eigenvalue weighted by molar-refractivity contribution is 7.15. The van der Waals surface area contributed by atoms with Crippen molar-refractivity contribution < 1.29 is 0 Å². The van der Waals surface area contributed by atoms with E-state index in [1.807, 2.05) is 6.08 Å². The van der Waals surface area contributed by atoms with E-state index in [2.05, 4.69) is 49.8 Å². The van der Waals surface area contributed by atoms with Crippen molar-refractivity contribution in [3.05, 3.63) is 17.7 Å². The van der Waals surface area contributed by atoms with Crippen LogP contribution in [0.2, 0.25) is 0 Å². The predicted molar refractivity (Wildman–Crippen MR) is 61.9 cm³/mol. The molecule has 0 unspecified atom stereocenters. The van der Waals surface area contributed by atoms with Gasteiger partial charge in [0, 0.05) is 11.5 Å². The van der Waals surface area contributed by atoms with Gasteiger partial charge < -0.3 is 5.32 Å². The van der Waals surface area contributed by atoms with Gasteiger partial charge in [-0.3, -0.25) is 0 Å². The minimum absolute atomic E-state index is 0.0887. The van der Waals surface area contributed by atoms with Gasteiger partial charge in [0.1, 0.15) is 5.01 Å². The van der Waals surface area contributed by atoms with Crippen LogP contribution in [-0.4, -0.2) is 16.2 Å². The number of allylic oxidation sites excluding steroid dienone is 1. The third-order valence-corrected chi connectivity index (χ3v) is 3.09. The number of hydrogen-bond donors (Lipinski definition) is 1. The van der Waals surface area contributed by atoms with Crippen molar-refractivity contribution in [2.24, 2.45) is 0 Å². The van der Waals surface area contributed by atoms with Crippen LogP contribution in [0.1, 0.15) is 32.7 Å². The Kier molecular flexibility index (Phi) is 3.26. The molecule has 1 aromatic heterocycles. The molecule has 4 heteroatoms. The summed E-state index contributed by atoms with van der Waals surface area (Å²) in [5.74, 6) is 0. The fourth-order valence-electron chi connectivity index (χ4n) is 0.876. The minimum atomic E-state index is -0.0887. The molecule has 0 atom stereocenters. The summed E-state index contributed by atoms with van der Waals surface area (Å²) in [5, 5.41) is 13.3. The SMILES string of the molecule is C=CC(C)(C)c1nnc(NC(C)C)s1. The molecule has 14 heavy (non-hydrogen) atoms. The zero-order valence-corrected chi connectivity index (χ0v) is 9.98. The van der Waals surface area contributed by atoms with E-state index in [9.17, 15) is 0 Å². The topological polar surface area (TPSA) is 37.8 Å². The first-order valence-corrected chi connectivity index (χ1v) is 5.51. The molecule has 1 rings (SSSR count). The first kappa shape index (κ1) is 11.2. The van der Waals surface area contributed by atoms with Gasteiger partial charge >= 0.3 is 0 Å². The Bertz CT molecular complexity index is 315. The number of nitrogens with zero attached hydrogens (tertiary/aromatic N) is 2. The molecule has 1 heterocycles. The number of anilines is 1. The molecule has 0 spiro atoms. The summed E-state index contributed by atoms with van der Waals surface area (Å²) < 4.78 is 0. The lowest BCUT2D eigenvalue weighted by atomic mass is 9.95. The molecule has 0 saturated carbocycles. The first-order valence-electron chi connectivity index (χ1n) is 4.70. The molecule has 78 valence electrons.